The first-order valence-electron chi connectivity index (χ1n) is 6.54. The standard InChI is InChI=1S/C13H19N3O/c1-17-12-8-11(14-10-4-2-3-5-10)15-13(16-12)9-6-7-9/h8-10H,2-7H2,1H3,(H,14,15,16). The van der Waals surface area contributed by atoms with Crippen molar-refractivity contribution in [3.63, 3.8) is 0 Å². The molecule has 1 aromatic rings. The van der Waals surface area contributed by atoms with Crippen LogP contribution in [0.25, 0.3) is 0 Å². The first-order chi connectivity index (χ1) is 8.35. The maximum Gasteiger partial charge on any atom is 0.218 e. The number of nitrogens with one attached hydrogen (secondary N) is 1. The smallest absolute Gasteiger partial charge is 0.218 e. The Hall–Kier alpha value is -1.32. The second-order valence-electron chi connectivity index (χ2n) is 5.05. The average Bonchev–Trinajstić information content (AvgIpc) is 3.09. The number of hydrogen-bond acceptors (Lipinski definition) is 4. The fourth-order valence-electron chi connectivity index (χ4n) is 2.42. The number of methoxy groups -OCH3 is 1. The van der Waals surface area contributed by atoms with Crippen LogP contribution in [-0.2, 0) is 0 Å². The first kappa shape index (κ1) is 10.8. The van der Waals surface area contributed by atoms with Gasteiger partial charge in [-0.25, -0.2) is 4.98 Å². The van der Waals surface area contributed by atoms with Crippen molar-refractivity contribution >= 4 is 5.82 Å². The molecule has 1 N–H and O–H groups in total. The molecule has 2 fully saturated rings. The summed E-state index contributed by atoms with van der Waals surface area (Å²) in [4.78, 5) is 9.02. The van der Waals surface area contributed by atoms with Gasteiger partial charge >= 0.3 is 0 Å². The van der Waals surface area contributed by atoms with Crippen molar-refractivity contribution in [2.24, 2.45) is 0 Å². The molecule has 0 unspecified atom stereocenters. The molecule has 17 heavy (non-hydrogen) atoms. The van der Waals surface area contributed by atoms with E-state index < -0.39 is 0 Å². The van der Waals surface area contributed by atoms with Crippen molar-refractivity contribution in [1.82, 2.24) is 9.97 Å². The maximum atomic E-state index is 5.25. The summed E-state index contributed by atoms with van der Waals surface area (Å²) in [5.41, 5.74) is 0. The van der Waals surface area contributed by atoms with Crippen LogP contribution in [0.1, 0.15) is 50.3 Å². The van der Waals surface area contributed by atoms with E-state index >= 15 is 0 Å². The third-order valence-corrected chi connectivity index (χ3v) is 3.58. The van der Waals surface area contributed by atoms with Crippen LogP contribution in [0.2, 0.25) is 0 Å². The van der Waals surface area contributed by atoms with E-state index in [0.29, 0.717) is 17.8 Å². The summed E-state index contributed by atoms with van der Waals surface area (Å²) in [6.07, 6.45) is 7.60. The molecule has 2 saturated carbocycles. The van der Waals surface area contributed by atoms with Gasteiger partial charge in [-0.3, -0.25) is 0 Å². The summed E-state index contributed by atoms with van der Waals surface area (Å²) in [5, 5.41) is 3.51. The van der Waals surface area contributed by atoms with Crippen LogP contribution < -0.4 is 10.1 Å². The summed E-state index contributed by atoms with van der Waals surface area (Å²) in [7, 11) is 1.67. The van der Waals surface area contributed by atoms with Crippen molar-refractivity contribution in [1.29, 1.82) is 0 Å². The number of rotatable bonds is 4. The SMILES string of the molecule is COc1cc(NC2CCCC2)nc(C2CC2)n1. The van der Waals surface area contributed by atoms with E-state index in [1.54, 1.807) is 7.11 Å². The van der Waals surface area contributed by atoms with Crippen molar-refractivity contribution in [2.75, 3.05) is 12.4 Å². The van der Waals surface area contributed by atoms with Gasteiger partial charge in [-0.05, 0) is 25.7 Å². The van der Waals surface area contributed by atoms with Crippen molar-refractivity contribution in [2.45, 2.75) is 50.5 Å². The molecule has 0 aromatic carbocycles. The minimum atomic E-state index is 0.564. The third kappa shape index (κ3) is 2.51. The van der Waals surface area contributed by atoms with Crippen LogP contribution in [0.5, 0.6) is 5.88 Å². The minimum absolute atomic E-state index is 0.564. The van der Waals surface area contributed by atoms with Crippen LogP contribution in [0.3, 0.4) is 0 Å². The quantitative estimate of drug-likeness (QED) is 0.868. The fourth-order valence-corrected chi connectivity index (χ4v) is 2.42. The van der Waals surface area contributed by atoms with Crippen molar-refractivity contribution < 1.29 is 4.74 Å². The van der Waals surface area contributed by atoms with Gasteiger partial charge in [-0.15, -0.1) is 0 Å². The lowest BCUT2D eigenvalue weighted by atomic mass is 10.2. The van der Waals surface area contributed by atoms with Crippen LogP contribution in [0.4, 0.5) is 5.82 Å². The Bertz CT molecular complexity index is 398. The molecule has 1 heterocycles. The molecule has 4 heteroatoms. The van der Waals surface area contributed by atoms with Gasteiger partial charge in [0.15, 0.2) is 0 Å². The van der Waals surface area contributed by atoms with E-state index in [-0.39, 0.29) is 0 Å². The lowest BCUT2D eigenvalue weighted by Gasteiger charge is -2.14. The second kappa shape index (κ2) is 4.51. The zero-order valence-electron chi connectivity index (χ0n) is 10.3. The number of anilines is 1. The molecule has 0 amide bonds. The Kier molecular flexibility index (Phi) is 2.87. The molecule has 2 aliphatic rings. The zero-order valence-corrected chi connectivity index (χ0v) is 10.3. The monoisotopic (exact) mass is 233 g/mol. The highest BCUT2D eigenvalue weighted by molar-refractivity contribution is 5.40. The molecule has 4 nitrogen and oxygen atoms in total. The summed E-state index contributed by atoms with van der Waals surface area (Å²) in [6, 6.07) is 2.49. The number of hydrogen-bond donors (Lipinski definition) is 1. The number of aromatic nitrogens is 2. The topological polar surface area (TPSA) is 47.0 Å². The third-order valence-electron chi connectivity index (χ3n) is 3.58. The molecule has 0 radical (unpaired) electrons. The Balaban J connectivity index is 1.78. The number of nitrogens with zero attached hydrogens (tertiary/aromatic N) is 2. The van der Waals surface area contributed by atoms with Crippen LogP contribution in [0, 0.1) is 0 Å². The molecule has 1 aromatic heterocycles. The van der Waals surface area contributed by atoms with Gasteiger partial charge in [0.2, 0.25) is 5.88 Å². The molecule has 3 rings (SSSR count). The molecule has 0 spiro atoms. The van der Waals surface area contributed by atoms with Crippen molar-refractivity contribution in [3.8, 4) is 5.88 Å². The molecular formula is C13H19N3O. The summed E-state index contributed by atoms with van der Waals surface area (Å²) in [6.45, 7) is 0. The molecule has 0 aliphatic heterocycles. The molecule has 2 aliphatic carbocycles. The Morgan fingerprint density at radius 2 is 1.94 bits per heavy atom. The lowest BCUT2D eigenvalue weighted by Crippen LogP contribution is -2.16. The number of ether oxygens (including phenoxy) is 1. The van der Waals surface area contributed by atoms with Gasteiger partial charge in [-0.1, -0.05) is 12.8 Å². The molecule has 0 bridgehead atoms. The lowest BCUT2D eigenvalue weighted by molar-refractivity contribution is 0.395. The predicted molar refractivity (Wildman–Crippen MR) is 66.4 cm³/mol. The van der Waals surface area contributed by atoms with Gasteiger partial charge in [0, 0.05) is 18.0 Å². The summed E-state index contributed by atoms with van der Waals surface area (Å²) < 4.78 is 5.25. The highest BCUT2D eigenvalue weighted by Crippen LogP contribution is 2.39. The van der Waals surface area contributed by atoms with Crippen LogP contribution in [0.15, 0.2) is 6.07 Å². The Morgan fingerprint density at radius 3 is 2.59 bits per heavy atom. The normalized spacial score (nSPS) is 20.5. The largest absolute Gasteiger partial charge is 0.481 e. The van der Waals surface area contributed by atoms with E-state index in [0.717, 1.165) is 11.6 Å². The Morgan fingerprint density at radius 1 is 1.18 bits per heavy atom. The van der Waals surface area contributed by atoms with E-state index in [1.807, 2.05) is 6.07 Å². The van der Waals surface area contributed by atoms with Gasteiger partial charge in [-0.2, -0.15) is 4.98 Å². The van der Waals surface area contributed by atoms with E-state index in [1.165, 1.54) is 38.5 Å². The first-order valence-corrected chi connectivity index (χ1v) is 6.54. The second-order valence-corrected chi connectivity index (χ2v) is 5.05. The molecule has 0 atom stereocenters. The highest BCUT2D eigenvalue weighted by Gasteiger charge is 2.28. The minimum Gasteiger partial charge on any atom is -0.481 e. The van der Waals surface area contributed by atoms with Crippen LogP contribution in [-0.4, -0.2) is 23.1 Å². The van der Waals surface area contributed by atoms with Gasteiger partial charge in [0.1, 0.15) is 11.6 Å². The molecule has 92 valence electrons. The average molecular weight is 233 g/mol. The maximum absolute atomic E-state index is 5.25. The fraction of sp³-hybridized carbons (Fsp3) is 0.692. The highest BCUT2D eigenvalue weighted by atomic mass is 16.5. The van der Waals surface area contributed by atoms with Crippen molar-refractivity contribution in [3.05, 3.63) is 11.9 Å². The Labute approximate surface area is 102 Å². The molecular weight excluding hydrogens is 214 g/mol. The van der Waals surface area contributed by atoms with E-state index in [9.17, 15) is 0 Å². The van der Waals surface area contributed by atoms with Gasteiger partial charge in [0.25, 0.3) is 0 Å². The van der Waals surface area contributed by atoms with E-state index in [2.05, 4.69) is 15.3 Å². The predicted octanol–water partition coefficient (Wildman–Crippen LogP) is 2.72. The van der Waals surface area contributed by atoms with E-state index in [4.69, 9.17) is 4.74 Å². The van der Waals surface area contributed by atoms with Gasteiger partial charge in [0.05, 0.1) is 7.11 Å². The summed E-state index contributed by atoms with van der Waals surface area (Å²) in [5.74, 6) is 3.13. The van der Waals surface area contributed by atoms with Crippen LogP contribution >= 0.6 is 0 Å². The zero-order chi connectivity index (χ0) is 11.7. The molecule has 0 saturated heterocycles. The summed E-state index contributed by atoms with van der Waals surface area (Å²) >= 11 is 0. The van der Waals surface area contributed by atoms with Gasteiger partial charge < -0.3 is 10.1 Å².